The summed E-state index contributed by atoms with van der Waals surface area (Å²) in [6.07, 6.45) is 2.86. The van der Waals surface area contributed by atoms with Crippen molar-refractivity contribution in [2.75, 3.05) is 5.73 Å². The highest BCUT2D eigenvalue weighted by molar-refractivity contribution is 5.88. The van der Waals surface area contributed by atoms with Gasteiger partial charge in [0.2, 0.25) is 5.88 Å². The first-order valence-corrected chi connectivity index (χ1v) is 7.30. The number of pyridine rings is 1. The molecule has 8 heteroatoms. The Hall–Kier alpha value is -3.55. The predicted molar refractivity (Wildman–Crippen MR) is 89.1 cm³/mol. The van der Waals surface area contributed by atoms with Gasteiger partial charge in [-0.1, -0.05) is 18.2 Å². The number of aromatic nitrogens is 5. The number of imidazole rings is 1. The van der Waals surface area contributed by atoms with Gasteiger partial charge in [-0.05, 0) is 18.2 Å². The van der Waals surface area contributed by atoms with Crippen LogP contribution < -0.4 is 11.4 Å². The summed E-state index contributed by atoms with van der Waals surface area (Å²) in [4.78, 5) is 18.5. The van der Waals surface area contributed by atoms with Gasteiger partial charge in [0.25, 0.3) is 0 Å². The summed E-state index contributed by atoms with van der Waals surface area (Å²) in [5.74, 6) is 0.282. The van der Waals surface area contributed by atoms with E-state index in [9.17, 15) is 9.90 Å². The van der Waals surface area contributed by atoms with Crippen LogP contribution in [0.1, 0.15) is 5.56 Å². The quantitative estimate of drug-likeness (QED) is 0.525. The Morgan fingerprint density at radius 2 is 1.96 bits per heavy atom. The van der Waals surface area contributed by atoms with Crippen LogP contribution in [-0.2, 0) is 6.54 Å². The Kier molecular flexibility index (Phi) is 3.09. The zero-order valence-electron chi connectivity index (χ0n) is 12.5. The molecule has 1 aromatic carbocycles. The average molecular weight is 322 g/mol. The molecule has 0 aliphatic carbocycles. The van der Waals surface area contributed by atoms with Gasteiger partial charge < -0.3 is 15.8 Å². The molecule has 120 valence electrons. The number of nitrogens with zero attached hydrogens (tertiary/aromatic N) is 4. The number of fused-ring (bicyclic) bond motifs is 1. The van der Waals surface area contributed by atoms with Crippen LogP contribution in [0.5, 0.6) is 5.88 Å². The van der Waals surface area contributed by atoms with Crippen molar-refractivity contribution < 1.29 is 5.11 Å². The van der Waals surface area contributed by atoms with Crippen molar-refractivity contribution in [2.45, 2.75) is 6.54 Å². The summed E-state index contributed by atoms with van der Waals surface area (Å²) >= 11 is 0. The average Bonchev–Trinajstić information content (AvgIpc) is 3.11. The van der Waals surface area contributed by atoms with Crippen molar-refractivity contribution in [3.05, 3.63) is 64.8 Å². The normalized spacial score (nSPS) is 11.2. The van der Waals surface area contributed by atoms with E-state index in [1.165, 1.54) is 10.8 Å². The van der Waals surface area contributed by atoms with Gasteiger partial charge in [0.15, 0.2) is 5.82 Å². The molecule has 0 fully saturated rings. The smallest absolute Gasteiger partial charge is 0.328 e. The third kappa shape index (κ3) is 2.12. The summed E-state index contributed by atoms with van der Waals surface area (Å²) in [5, 5.41) is 14.3. The lowest BCUT2D eigenvalue weighted by atomic mass is 10.2. The van der Waals surface area contributed by atoms with E-state index in [0.717, 1.165) is 11.3 Å². The highest BCUT2D eigenvalue weighted by Gasteiger charge is 2.15. The molecule has 3 heterocycles. The number of rotatable bonds is 3. The van der Waals surface area contributed by atoms with E-state index in [4.69, 9.17) is 5.73 Å². The molecule has 0 unspecified atom stereocenters. The van der Waals surface area contributed by atoms with E-state index in [-0.39, 0.29) is 12.4 Å². The first-order valence-electron chi connectivity index (χ1n) is 7.30. The van der Waals surface area contributed by atoms with Crippen LogP contribution in [0.15, 0.2) is 53.6 Å². The Morgan fingerprint density at radius 3 is 2.67 bits per heavy atom. The first-order chi connectivity index (χ1) is 11.6. The molecular weight excluding hydrogens is 308 g/mol. The van der Waals surface area contributed by atoms with E-state index < -0.39 is 5.69 Å². The van der Waals surface area contributed by atoms with Gasteiger partial charge >= 0.3 is 5.69 Å². The van der Waals surface area contributed by atoms with Gasteiger partial charge in [0, 0.05) is 11.8 Å². The molecule has 24 heavy (non-hydrogen) atoms. The summed E-state index contributed by atoms with van der Waals surface area (Å²) in [7, 11) is 0. The SMILES string of the molecule is Nc1c2nccc(Cn3c(O)c[nH]c3=O)c2nn1-c1ccccc1. The fourth-order valence-electron chi connectivity index (χ4n) is 2.65. The van der Waals surface area contributed by atoms with Crippen LogP contribution in [0.4, 0.5) is 5.82 Å². The Morgan fingerprint density at radius 1 is 1.17 bits per heavy atom. The second-order valence-electron chi connectivity index (χ2n) is 5.34. The second-order valence-corrected chi connectivity index (χ2v) is 5.34. The summed E-state index contributed by atoms with van der Waals surface area (Å²) < 4.78 is 2.83. The van der Waals surface area contributed by atoms with Crippen LogP contribution in [-0.4, -0.2) is 29.4 Å². The number of aromatic amines is 1. The number of nitrogen functional groups attached to an aromatic ring is 1. The van der Waals surface area contributed by atoms with Crippen molar-refractivity contribution in [1.82, 2.24) is 24.3 Å². The molecule has 4 N–H and O–H groups in total. The van der Waals surface area contributed by atoms with Crippen molar-refractivity contribution in [3.8, 4) is 11.6 Å². The number of benzene rings is 1. The molecule has 0 spiro atoms. The number of aromatic hydroxyl groups is 1. The number of hydrogen-bond donors (Lipinski definition) is 3. The number of nitrogens with two attached hydrogens (primary N) is 1. The summed E-state index contributed by atoms with van der Waals surface area (Å²) in [6.45, 7) is 0.165. The molecular formula is C16H14N6O2. The third-order valence-electron chi connectivity index (χ3n) is 3.85. The highest BCUT2D eigenvalue weighted by atomic mass is 16.3. The standard InChI is InChI=1S/C16H14N6O2/c17-15-14-13(20-22(15)11-4-2-1-3-5-11)10(6-7-18-14)9-21-12(23)8-19-16(21)24/h1-8,23H,9,17H2,(H,19,24). The molecule has 0 amide bonds. The Labute approximate surface area is 135 Å². The topological polar surface area (TPSA) is 115 Å². The van der Waals surface area contributed by atoms with E-state index >= 15 is 0 Å². The number of hydrogen-bond acceptors (Lipinski definition) is 5. The van der Waals surface area contributed by atoms with E-state index in [1.807, 2.05) is 30.3 Å². The molecule has 0 aliphatic rings. The van der Waals surface area contributed by atoms with Crippen molar-refractivity contribution in [3.63, 3.8) is 0 Å². The van der Waals surface area contributed by atoms with Crippen LogP contribution in [0.3, 0.4) is 0 Å². The number of H-pyrrole nitrogens is 1. The molecule has 3 aromatic heterocycles. The largest absolute Gasteiger partial charge is 0.493 e. The van der Waals surface area contributed by atoms with Crippen LogP contribution >= 0.6 is 0 Å². The third-order valence-corrected chi connectivity index (χ3v) is 3.85. The molecule has 0 radical (unpaired) electrons. The monoisotopic (exact) mass is 322 g/mol. The summed E-state index contributed by atoms with van der Waals surface area (Å²) in [5.41, 5.74) is 8.49. The number of anilines is 1. The van der Waals surface area contributed by atoms with Crippen LogP contribution in [0.2, 0.25) is 0 Å². The Balaban J connectivity index is 1.88. The fraction of sp³-hybridized carbons (Fsp3) is 0.0625. The Bertz CT molecular complexity index is 1080. The maximum atomic E-state index is 11.8. The van der Waals surface area contributed by atoms with E-state index in [0.29, 0.717) is 16.9 Å². The number of para-hydroxylation sites is 1. The van der Waals surface area contributed by atoms with Crippen molar-refractivity contribution in [1.29, 1.82) is 0 Å². The zero-order valence-corrected chi connectivity index (χ0v) is 12.5. The maximum absolute atomic E-state index is 11.8. The van der Waals surface area contributed by atoms with Gasteiger partial charge in [-0.15, -0.1) is 0 Å². The minimum atomic E-state index is -0.395. The molecule has 0 saturated carbocycles. The van der Waals surface area contributed by atoms with Gasteiger partial charge in [-0.25, -0.2) is 9.48 Å². The minimum Gasteiger partial charge on any atom is -0.493 e. The van der Waals surface area contributed by atoms with Crippen LogP contribution in [0.25, 0.3) is 16.7 Å². The molecule has 0 bridgehead atoms. The zero-order chi connectivity index (χ0) is 16.7. The van der Waals surface area contributed by atoms with Gasteiger partial charge in [0.1, 0.15) is 11.0 Å². The van der Waals surface area contributed by atoms with Gasteiger partial charge in [0.05, 0.1) is 18.4 Å². The minimum absolute atomic E-state index is 0.138. The first kappa shape index (κ1) is 14.1. The lowest BCUT2D eigenvalue weighted by Gasteiger charge is -2.03. The molecule has 0 aliphatic heterocycles. The van der Waals surface area contributed by atoms with E-state index in [2.05, 4.69) is 15.1 Å². The fourth-order valence-corrected chi connectivity index (χ4v) is 2.65. The van der Waals surface area contributed by atoms with Crippen molar-refractivity contribution in [2.24, 2.45) is 0 Å². The second kappa shape index (κ2) is 5.27. The van der Waals surface area contributed by atoms with Gasteiger partial charge in [-0.3, -0.25) is 9.55 Å². The van der Waals surface area contributed by atoms with Gasteiger partial charge in [-0.2, -0.15) is 5.10 Å². The molecule has 8 nitrogen and oxygen atoms in total. The van der Waals surface area contributed by atoms with E-state index in [1.54, 1.807) is 16.9 Å². The lowest BCUT2D eigenvalue weighted by Crippen LogP contribution is -2.17. The number of nitrogens with one attached hydrogen (secondary N) is 1. The summed E-state index contributed by atoms with van der Waals surface area (Å²) in [6, 6.07) is 11.2. The predicted octanol–water partition coefficient (Wildman–Crippen LogP) is 1.25. The molecule has 4 aromatic rings. The molecule has 4 rings (SSSR count). The maximum Gasteiger partial charge on any atom is 0.328 e. The van der Waals surface area contributed by atoms with Crippen molar-refractivity contribution >= 4 is 16.9 Å². The highest BCUT2D eigenvalue weighted by Crippen LogP contribution is 2.25. The van der Waals surface area contributed by atoms with Crippen LogP contribution in [0, 0.1) is 0 Å². The molecule has 0 atom stereocenters. The molecule has 0 saturated heterocycles. The lowest BCUT2D eigenvalue weighted by molar-refractivity contribution is 0.422.